The average molecular weight is 178 g/mol. The van der Waals surface area contributed by atoms with E-state index in [1.807, 2.05) is 0 Å². The van der Waals surface area contributed by atoms with Crippen LogP contribution in [0.1, 0.15) is 15.9 Å². The molecule has 13 heavy (non-hydrogen) atoms. The number of aldehydes is 2. The summed E-state index contributed by atoms with van der Waals surface area (Å²) in [5.41, 5.74) is 0.614. The van der Waals surface area contributed by atoms with Crippen LogP contribution in [-0.2, 0) is 4.79 Å². The third kappa shape index (κ3) is 2.33. The molecule has 0 bridgehead atoms. The molecule has 0 aliphatic heterocycles. The topological polar surface area (TPSA) is 34.1 Å². The minimum Gasteiger partial charge on any atom is -0.299 e. The molecule has 3 heteroatoms. The number of hydrogen-bond donors (Lipinski definition) is 0. The third-order valence-electron chi connectivity index (χ3n) is 1.51. The Morgan fingerprint density at radius 1 is 1.23 bits per heavy atom. The number of hydrogen-bond acceptors (Lipinski definition) is 2. The van der Waals surface area contributed by atoms with Crippen LogP contribution in [0.3, 0.4) is 0 Å². The summed E-state index contributed by atoms with van der Waals surface area (Å²) in [6.45, 7) is 0. The maximum absolute atomic E-state index is 12.8. The lowest BCUT2D eigenvalue weighted by atomic mass is 10.1. The summed E-state index contributed by atoms with van der Waals surface area (Å²) >= 11 is 0. The van der Waals surface area contributed by atoms with Gasteiger partial charge in [0.15, 0.2) is 6.29 Å². The molecule has 0 aliphatic carbocycles. The van der Waals surface area contributed by atoms with E-state index in [4.69, 9.17) is 0 Å². The van der Waals surface area contributed by atoms with Crippen molar-refractivity contribution in [3.8, 4) is 0 Å². The average Bonchev–Trinajstić information content (AvgIpc) is 2.16. The van der Waals surface area contributed by atoms with Crippen molar-refractivity contribution in [2.75, 3.05) is 0 Å². The molecule has 0 heterocycles. The summed E-state index contributed by atoms with van der Waals surface area (Å²) in [6.07, 6.45) is 3.83. The standard InChI is InChI=1S/C10H7FO2/c11-10-4-3-8(2-1-5-12)6-9(10)7-13/h1-7H. The van der Waals surface area contributed by atoms with E-state index in [0.29, 0.717) is 18.1 Å². The number of benzene rings is 1. The Kier molecular flexibility index (Phi) is 3.09. The highest BCUT2D eigenvalue weighted by Crippen LogP contribution is 2.09. The van der Waals surface area contributed by atoms with Crippen molar-refractivity contribution >= 4 is 18.6 Å². The van der Waals surface area contributed by atoms with Crippen LogP contribution >= 0.6 is 0 Å². The van der Waals surface area contributed by atoms with Crippen molar-refractivity contribution in [2.24, 2.45) is 0 Å². The summed E-state index contributed by atoms with van der Waals surface area (Å²) in [5.74, 6) is -0.557. The molecule has 0 saturated heterocycles. The molecule has 0 aromatic heterocycles. The summed E-state index contributed by atoms with van der Waals surface area (Å²) in [4.78, 5) is 20.3. The van der Waals surface area contributed by atoms with E-state index in [1.54, 1.807) is 0 Å². The SMILES string of the molecule is O=CC=Cc1ccc(F)c(C=O)c1. The maximum atomic E-state index is 12.8. The number of allylic oxidation sites excluding steroid dienone is 1. The molecule has 1 aromatic rings. The van der Waals surface area contributed by atoms with Gasteiger partial charge >= 0.3 is 0 Å². The van der Waals surface area contributed by atoms with Crippen molar-refractivity contribution in [1.82, 2.24) is 0 Å². The van der Waals surface area contributed by atoms with Crippen LogP contribution < -0.4 is 0 Å². The smallest absolute Gasteiger partial charge is 0.153 e. The fourth-order valence-electron chi connectivity index (χ4n) is 0.907. The van der Waals surface area contributed by atoms with Gasteiger partial charge in [0.05, 0.1) is 5.56 Å². The first-order valence-electron chi connectivity index (χ1n) is 3.64. The van der Waals surface area contributed by atoms with Crippen LogP contribution in [0.25, 0.3) is 6.08 Å². The van der Waals surface area contributed by atoms with Gasteiger partial charge in [-0.3, -0.25) is 9.59 Å². The minimum absolute atomic E-state index is 0.00644. The van der Waals surface area contributed by atoms with Crippen molar-refractivity contribution in [3.63, 3.8) is 0 Å². The maximum Gasteiger partial charge on any atom is 0.153 e. The molecule has 0 fully saturated rings. The molecule has 0 N–H and O–H groups in total. The molecule has 0 saturated carbocycles. The van der Waals surface area contributed by atoms with Gasteiger partial charge in [-0.05, 0) is 23.8 Å². The van der Waals surface area contributed by atoms with Gasteiger partial charge < -0.3 is 0 Å². The first-order valence-corrected chi connectivity index (χ1v) is 3.64. The van der Waals surface area contributed by atoms with Crippen molar-refractivity contribution in [3.05, 3.63) is 41.2 Å². The molecule has 2 nitrogen and oxygen atoms in total. The van der Waals surface area contributed by atoms with Gasteiger partial charge in [0, 0.05) is 0 Å². The van der Waals surface area contributed by atoms with Gasteiger partial charge in [-0.1, -0.05) is 12.1 Å². The third-order valence-corrected chi connectivity index (χ3v) is 1.51. The Labute approximate surface area is 74.7 Å². The molecular formula is C10H7FO2. The molecule has 66 valence electrons. The number of carbonyl (C=O) groups is 2. The van der Waals surface area contributed by atoms with Crippen LogP contribution in [-0.4, -0.2) is 12.6 Å². The molecule has 1 rings (SSSR count). The van der Waals surface area contributed by atoms with E-state index in [1.165, 1.54) is 30.4 Å². The lowest BCUT2D eigenvalue weighted by Crippen LogP contribution is -1.87. The van der Waals surface area contributed by atoms with Crippen molar-refractivity contribution in [2.45, 2.75) is 0 Å². The highest BCUT2D eigenvalue weighted by atomic mass is 19.1. The van der Waals surface area contributed by atoms with Gasteiger partial charge in [0.25, 0.3) is 0 Å². The van der Waals surface area contributed by atoms with Crippen molar-refractivity contribution < 1.29 is 14.0 Å². The van der Waals surface area contributed by atoms with Crippen molar-refractivity contribution in [1.29, 1.82) is 0 Å². The number of carbonyl (C=O) groups excluding carboxylic acids is 2. The Morgan fingerprint density at radius 2 is 2.00 bits per heavy atom. The number of rotatable bonds is 3. The second-order valence-electron chi connectivity index (χ2n) is 2.39. The highest BCUT2D eigenvalue weighted by molar-refractivity contribution is 5.79. The fraction of sp³-hybridized carbons (Fsp3) is 0. The van der Waals surface area contributed by atoms with Gasteiger partial charge in [-0.15, -0.1) is 0 Å². The van der Waals surface area contributed by atoms with Crippen LogP contribution in [0.15, 0.2) is 24.3 Å². The zero-order valence-corrected chi connectivity index (χ0v) is 6.74. The van der Waals surface area contributed by atoms with Gasteiger partial charge in [0.2, 0.25) is 0 Å². The van der Waals surface area contributed by atoms with Gasteiger partial charge in [0.1, 0.15) is 12.1 Å². The Morgan fingerprint density at radius 3 is 2.62 bits per heavy atom. The molecule has 0 unspecified atom stereocenters. The molecule has 1 aromatic carbocycles. The fourth-order valence-corrected chi connectivity index (χ4v) is 0.907. The number of halogens is 1. The van der Waals surface area contributed by atoms with E-state index in [0.717, 1.165) is 0 Å². The second kappa shape index (κ2) is 4.30. The summed E-state index contributed by atoms with van der Waals surface area (Å²) in [5, 5.41) is 0. The summed E-state index contributed by atoms with van der Waals surface area (Å²) in [7, 11) is 0. The lowest BCUT2D eigenvalue weighted by molar-refractivity contribution is -0.104. The normalized spacial score (nSPS) is 10.2. The van der Waals surface area contributed by atoms with Crippen LogP contribution in [0.5, 0.6) is 0 Å². The van der Waals surface area contributed by atoms with Crippen LogP contribution in [0, 0.1) is 5.82 Å². The van der Waals surface area contributed by atoms with E-state index >= 15 is 0 Å². The molecule has 0 aliphatic rings. The van der Waals surface area contributed by atoms with Gasteiger partial charge in [-0.25, -0.2) is 4.39 Å². The summed E-state index contributed by atoms with van der Waals surface area (Å²) in [6, 6.07) is 4.05. The Hall–Kier alpha value is -1.77. The van der Waals surface area contributed by atoms with Crippen LogP contribution in [0.2, 0.25) is 0 Å². The van der Waals surface area contributed by atoms with Gasteiger partial charge in [-0.2, -0.15) is 0 Å². The Bertz CT molecular complexity index is 356. The highest BCUT2D eigenvalue weighted by Gasteiger charge is 1.99. The monoisotopic (exact) mass is 178 g/mol. The summed E-state index contributed by atoms with van der Waals surface area (Å²) < 4.78 is 12.8. The zero-order chi connectivity index (χ0) is 9.68. The largest absolute Gasteiger partial charge is 0.299 e. The predicted octanol–water partition coefficient (Wildman–Crippen LogP) is 1.85. The molecule has 0 spiro atoms. The second-order valence-corrected chi connectivity index (χ2v) is 2.39. The Balaban J connectivity index is 3.05. The van der Waals surface area contributed by atoms with E-state index in [9.17, 15) is 14.0 Å². The molecular weight excluding hydrogens is 171 g/mol. The van der Waals surface area contributed by atoms with E-state index < -0.39 is 5.82 Å². The molecule has 0 amide bonds. The van der Waals surface area contributed by atoms with E-state index in [2.05, 4.69) is 0 Å². The minimum atomic E-state index is -0.557. The quantitative estimate of drug-likeness (QED) is 0.522. The molecule has 0 atom stereocenters. The zero-order valence-electron chi connectivity index (χ0n) is 6.74. The first-order chi connectivity index (χ1) is 6.27. The first kappa shape index (κ1) is 9.32. The van der Waals surface area contributed by atoms with Crippen LogP contribution in [0.4, 0.5) is 4.39 Å². The van der Waals surface area contributed by atoms with E-state index in [-0.39, 0.29) is 5.56 Å². The molecule has 0 radical (unpaired) electrons. The lowest BCUT2D eigenvalue weighted by Gasteiger charge is -1.95. The predicted molar refractivity (Wildman–Crippen MR) is 46.9 cm³/mol.